The largest absolute Gasteiger partial charge is 0.455 e. The first-order valence-corrected chi connectivity index (χ1v) is 17.2. The second-order valence-corrected chi connectivity index (χ2v) is 13.2. The SMILES string of the molecule is N/C(=C\C=C(/N)c1nc(-c2cccc3oc4c(-c5ccccc5)cc(-c5ccccc5)cc4c23)c2sc3ccccc3c2n1)c1ccccc1. The van der Waals surface area contributed by atoms with Crippen LogP contribution in [-0.4, -0.2) is 9.97 Å². The van der Waals surface area contributed by atoms with Crippen molar-refractivity contribution in [2.24, 2.45) is 11.5 Å². The second-order valence-electron chi connectivity index (χ2n) is 12.2. The molecular formula is C44H30N4OS. The van der Waals surface area contributed by atoms with E-state index in [1.165, 1.54) is 0 Å². The highest BCUT2D eigenvalue weighted by Crippen LogP contribution is 2.45. The Bertz CT molecular complexity index is 2760. The van der Waals surface area contributed by atoms with Crippen molar-refractivity contribution in [1.29, 1.82) is 0 Å². The summed E-state index contributed by atoms with van der Waals surface area (Å²) < 4.78 is 8.87. The standard InChI is InChI=1S/C44H30N4OS/c45-35(29-17-8-3-9-18-29)23-24-36(46)44-47-40-31-19-10-11-22-38(31)50-43(40)41(48-44)32-20-12-21-37-39(32)34-26-30(27-13-4-1-5-14-27)25-33(42(34)49-37)28-15-6-2-7-16-28/h1-26H,45-46H2/b35-23-,36-24-. The molecule has 0 aliphatic rings. The number of thiophene rings is 1. The summed E-state index contributed by atoms with van der Waals surface area (Å²) in [5.41, 5.74) is 23.7. The van der Waals surface area contributed by atoms with Crippen molar-refractivity contribution in [3.63, 3.8) is 0 Å². The Balaban J connectivity index is 1.32. The normalized spacial score (nSPS) is 12.4. The maximum atomic E-state index is 6.75. The fourth-order valence-corrected chi connectivity index (χ4v) is 7.78. The van der Waals surface area contributed by atoms with E-state index in [9.17, 15) is 0 Å². The van der Waals surface area contributed by atoms with Crippen LogP contribution in [0.1, 0.15) is 11.4 Å². The minimum Gasteiger partial charge on any atom is -0.455 e. The summed E-state index contributed by atoms with van der Waals surface area (Å²) in [5.74, 6) is 0.438. The summed E-state index contributed by atoms with van der Waals surface area (Å²) in [7, 11) is 0. The molecule has 0 aliphatic carbocycles. The van der Waals surface area contributed by atoms with Crippen molar-refractivity contribution < 1.29 is 4.42 Å². The molecule has 0 atom stereocenters. The van der Waals surface area contributed by atoms with Crippen LogP contribution >= 0.6 is 11.3 Å². The summed E-state index contributed by atoms with van der Waals surface area (Å²) >= 11 is 1.69. The Hall–Kier alpha value is -6.50. The van der Waals surface area contributed by atoms with Gasteiger partial charge in [-0.2, -0.15) is 0 Å². The predicted octanol–water partition coefficient (Wildman–Crippen LogP) is 11.0. The Morgan fingerprint density at radius 2 is 1.26 bits per heavy atom. The van der Waals surface area contributed by atoms with Crippen LogP contribution in [0.25, 0.3) is 87.1 Å². The van der Waals surface area contributed by atoms with Gasteiger partial charge in [-0.1, -0.05) is 121 Å². The van der Waals surface area contributed by atoms with Crippen LogP contribution in [0.15, 0.2) is 162 Å². The molecule has 3 heterocycles. The maximum absolute atomic E-state index is 6.75. The molecule has 0 unspecified atom stereocenters. The highest BCUT2D eigenvalue weighted by molar-refractivity contribution is 7.26. The van der Waals surface area contributed by atoms with Crippen LogP contribution in [-0.2, 0) is 0 Å². The molecule has 6 heteroatoms. The van der Waals surface area contributed by atoms with Gasteiger partial charge >= 0.3 is 0 Å². The molecule has 4 N–H and O–H groups in total. The van der Waals surface area contributed by atoms with Crippen molar-refractivity contribution in [3.8, 4) is 33.5 Å². The molecule has 9 rings (SSSR count). The highest BCUT2D eigenvalue weighted by atomic mass is 32.1. The molecule has 0 aliphatic heterocycles. The lowest BCUT2D eigenvalue weighted by Crippen LogP contribution is -2.04. The van der Waals surface area contributed by atoms with Gasteiger partial charge in [0.15, 0.2) is 5.82 Å². The van der Waals surface area contributed by atoms with E-state index in [2.05, 4.69) is 84.9 Å². The van der Waals surface area contributed by atoms with Crippen LogP contribution in [0.2, 0.25) is 0 Å². The number of aromatic nitrogens is 2. The fraction of sp³-hybridized carbons (Fsp3) is 0. The second kappa shape index (κ2) is 12.2. The third-order valence-corrected chi connectivity index (χ3v) is 10.2. The van der Waals surface area contributed by atoms with Crippen LogP contribution < -0.4 is 11.5 Å². The molecule has 3 aromatic heterocycles. The van der Waals surface area contributed by atoms with Crippen molar-refractivity contribution >= 4 is 65.0 Å². The Kier molecular flexibility index (Phi) is 7.22. The summed E-state index contributed by atoms with van der Waals surface area (Å²) in [6.07, 6.45) is 3.60. The van der Waals surface area contributed by atoms with Crippen LogP contribution in [0.5, 0.6) is 0 Å². The Labute approximate surface area is 292 Å². The first-order valence-electron chi connectivity index (χ1n) is 16.4. The molecule has 0 spiro atoms. The van der Waals surface area contributed by atoms with E-state index in [0.29, 0.717) is 17.2 Å². The van der Waals surface area contributed by atoms with Crippen LogP contribution in [0.4, 0.5) is 0 Å². The molecule has 0 fully saturated rings. The number of hydrogen-bond acceptors (Lipinski definition) is 6. The first-order chi connectivity index (χ1) is 24.6. The van der Waals surface area contributed by atoms with E-state index in [0.717, 1.165) is 81.3 Å². The zero-order valence-electron chi connectivity index (χ0n) is 26.9. The molecular weight excluding hydrogens is 633 g/mol. The number of furan rings is 1. The Morgan fingerprint density at radius 3 is 2.04 bits per heavy atom. The molecule has 0 saturated carbocycles. The van der Waals surface area contributed by atoms with Gasteiger partial charge in [-0.05, 0) is 58.7 Å². The van der Waals surface area contributed by atoms with E-state index in [1.54, 1.807) is 17.4 Å². The number of nitrogens with zero attached hydrogens (tertiary/aromatic N) is 2. The average Bonchev–Trinajstić information content (AvgIpc) is 3.76. The minimum atomic E-state index is 0.421. The molecule has 0 radical (unpaired) electrons. The van der Waals surface area contributed by atoms with Gasteiger partial charge in [-0.25, -0.2) is 9.97 Å². The summed E-state index contributed by atoms with van der Waals surface area (Å²) in [5, 5.41) is 3.08. The summed E-state index contributed by atoms with van der Waals surface area (Å²) in [6.45, 7) is 0. The molecule has 0 saturated heterocycles. The smallest absolute Gasteiger partial charge is 0.176 e. The van der Waals surface area contributed by atoms with Crippen molar-refractivity contribution in [3.05, 3.63) is 169 Å². The lowest BCUT2D eigenvalue weighted by atomic mass is 9.94. The van der Waals surface area contributed by atoms with E-state index in [4.69, 9.17) is 25.9 Å². The van der Waals surface area contributed by atoms with Gasteiger partial charge in [0.25, 0.3) is 0 Å². The van der Waals surface area contributed by atoms with E-state index in [1.807, 2.05) is 66.7 Å². The van der Waals surface area contributed by atoms with Crippen LogP contribution in [0.3, 0.4) is 0 Å². The number of benzene rings is 6. The zero-order chi connectivity index (χ0) is 33.6. The van der Waals surface area contributed by atoms with Gasteiger partial charge in [-0.15, -0.1) is 11.3 Å². The van der Waals surface area contributed by atoms with E-state index in [-0.39, 0.29) is 0 Å². The van der Waals surface area contributed by atoms with E-state index >= 15 is 0 Å². The Morgan fingerprint density at radius 1 is 0.580 bits per heavy atom. The molecule has 0 amide bonds. The number of allylic oxidation sites excluding steroid dienone is 2. The number of nitrogens with two attached hydrogens (primary N) is 2. The molecule has 238 valence electrons. The summed E-state index contributed by atoms with van der Waals surface area (Å²) in [6, 6.07) is 49.7. The molecule has 5 nitrogen and oxygen atoms in total. The average molecular weight is 663 g/mol. The van der Waals surface area contributed by atoms with Gasteiger partial charge in [0.2, 0.25) is 0 Å². The molecule has 50 heavy (non-hydrogen) atoms. The monoisotopic (exact) mass is 662 g/mol. The minimum absolute atomic E-state index is 0.421. The van der Waals surface area contributed by atoms with Gasteiger partial charge < -0.3 is 15.9 Å². The van der Waals surface area contributed by atoms with Gasteiger partial charge in [0.05, 0.1) is 21.6 Å². The van der Waals surface area contributed by atoms with E-state index < -0.39 is 0 Å². The first kappa shape index (κ1) is 29.6. The third-order valence-electron chi connectivity index (χ3n) is 9.07. The van der Waals surface area contributed by atoms with Crippen molar-refractivity contribution in [2.45, 2.75) is 0 Å². The molecule has 0 bridgehead atoms. The molecule has 9 aromatic rings. The van der Waals surface area contributed by atoms with Gasteiger partial charge in [-0.3, -0.25) is 0 Å². The van der Waals surface area contributed by atoms with Gasteiger partial charge in [0, 0.05) is 37.7 Å². The maximum Gasteiger partial charge on any atom is 0.176 e. The number of rotatable bonds is 6. The number of fused-ring (bicyclic) bond motifs is 6. The highest BCUT2D eigenvalue weighted by Gasteiger charge is 2.22. The third kappa shape index (κ3) is 5.10. The predicted molar refractivity (Wildman–Crippen MR) is 209 cm³/mol. The number of hydrogen-bond donors (Lipinski definition) is 2. The topological polar surface area (TPSA) is 91.0 Å². The van der Waals surface area contributed by atoms with Gasteiger partial charge in [0.1, 0.15) is 11.2 Å². The lowest BCUT2D eigenvalue weighted by molar-refractivity contribution is 0.670. The summed E-state index contributed by atoms with van der Waals surface area (Å²) in [4.78, 5) is 10.3. The zero-order valence-corrected chi connectivity index (χ0v) is 27.7. The van der Waals surface area contributed by atoms with Crippen molar-refractivity contribution in [1.82, 2.24) is 9.97 Å². The molecule has 6 aromatic carbocycles. The quantitative estimate of drug-likeness (QED) is 0.173. The van der Waals surface area contributed by atoms with Crippen molar-refractivity contribution in [2.75, 3.05) is 0 Å². The lowest BCUT2D eigenvalue weighted by Gasteiger charge is -2.10. The van der Waals surface area contributed by atoms with Crippen LogP contribution in [0, 0.1) is 0 Å². The fourth-order valence-electron chi connectivity index (χ4n) is 6.64.